The Bertz CT molecular complexity index is 714. The standard InChI is InChI=1S/C17H20BrN3O2/c1-20-10-13(9-19-20)12-4-3-7-21(11-12)17(22)15-8-14(23-2)5-6-16(15)18/h5-6,8-10,12H,3-4,7,11H2,1-2H3. The first-order chi connectivity index (χ1) is 11.1. The summed E-state index contributed by atoms with van der Waals surface area (Å²) in [6, 6.07) is 5.49. The molecule has 1 saturated heterocycles. The number of aryl methyl sites for hydroxylation is 1. The van der Waals surface area contributed by atoms with Crippen LogP contribution < -0.4 is 4.74 Å². The van der Waals surface area contributed by atoms with Gasteiger partial charge in [-0.1, -0.05) is 0 Å². The zero-order valence-corrected chi connectivity index (χ0v) is 14.9. The normalized spacial score (nSPS) is 18.0. The number of rotatable bonds is 3. The van der Waals surface area contributed by atoms with Crippen LogP contribution in [-0.2, 0) is 7.05 Å². The van der Waals surface area contributed by atoms with Gasteiger partial charge in [-0.15, -0.1) is 0 Å². The molecule has 0 bridgehead atoms. The van der Waals surface area contributed by atoms with Crippen LogP contribution in [-0.4, -0.2) is 40.8 Å². The molecule has 1 aliphatic rings. The second-order valence-electron chi connectivity index (χ2n) is 5.88. The fraction of sp³-hybridized carbons (Fsp3) is 0.412. The molecule has 1 aromatic heterocycles. The molecule has 0 aliphatic carbocycles. The maximum absolute atomic E-state index is 12.9. The summed E-state index contributed by atoms with van der Waals surface area (Å²) in [5, 5.41) is 4.25. The lowest BCUT2D eigenvalue weighted by molar-refractivity contribution is 0.0706. The number of nitrogens with zero attached hydrogens (tertiary/aromatic N) is 3. The second-order valence-corrected chi connectivity index (χ2v) is 6.74. The van der Waals surface area contributed by atoms with Crippen LogP contribution in [0, 0.1) is 0 Å². The zero-order chi connectivity index (χ0) is 16.4. The molecule has 5 nitrogen and oxygen atoms in total. The number of likely N-dealkylation sites (tertiary alicyclic amines) is 1. The van der Waals surface area contributed by atoms with Crippen LogP contribution in [0.25, 0.3) is 0 Å². The van der Waals surface area contributed by atoms with Crippen LogP contribution in [0.5, 0.6) is 5.75 Å². The molecule has 1 atom stereocenters. The summed E-state index contributed by atoms with van der Waals surface area (Å²) in [7, 11) is 3.53. The van der Waals surface area contributed by atoms with Crippen molar-refractivity contribution in [2.75, 3.05) is 20.2 Å². The van der Waals surface area contributed by atoms with Crippen molar-refractivity contribution in [3.05, 3.63) is 46.2 Å². The van der Waals surface area contributed by atoms with Gasteiger partial charge in [0.05, 0.1) is 18.9 Å². The number of carbonyl (C=O) groups is 1. The van der Waals surface area contributed by atoms with Gasteiger partial charge in [-0.05, 0) is 52.5 Å². The van der Waals surface area contributed by atoms with Crippen LogP contribution in [0.15, 0.2) is 35.1 Å². The first-order valence-corrected chi connectivity index (χ1v) is 8.49. The number of halogens is 1. The van der Waals surface area contributed by atoms with Crippen LogP contribution in [0.1, 0.15) is 34.7 Å². The highest BCUT2D eigenvalue weighted by Crippen LogP contribution is 2.29. The Morgan fingerprint density at radius 3 is 2.96 bits per heavy atom. The minimum absolute atomic E-state index is 0.0457. The lowest BCUT2D eigenvalue weighted by Crippen LogP contribution is -2.39. The van der Waals surface area contributed by atoms with E-state index >= 15 is 0 Å². The number of piperidine rings is 1. The van der Waals surface area contributed by atoms with E-state index in [0.29, 0.717) is 17.2 Å². The maximum Gasteiger partial charge on any atom is 0.255 e. The largest absolute Gasteiger partial charge is 0.497 e. The Hall–Kier alpha value is -1.82. The number of benzene rings is 1. The Kier molecular flexibility index (Phi) is 4.71. The van der Waals surface area contributed by atoms with Gasteiger partial charge in [-0.2, -0.15) is 5.10 Å². The molecule has 2 heterocycles. The van der Waals surface area contributed by atoms with E-state index in [-0.39, 0.29) is 5.91 Å². The van der Waals surface area contributed by atoms with Gasteiger partial charge >= 0.3 is 0 Å². The molecule has 1 fully saturated rings. The summed E-state index contributed by atoms with van der Waals surface area (Å²) in [5.74, 6) is 1.09. The van der Waals surface area contributed by atoms with E-state index in [4.69, 9.17) is 4.74 Å². The van der Waals surface area contributed by atoms with E-state index in [1.165, 1.54) is 5.56 Å². The van der Waals surface area contributed by atoms with Crippen molar-refractivity contribution >= 4 is 21.8 Å². The lowest BCUT2D eigenvalue weighted by atomic mass is 9.92. The maximum atomic E-state index is 12.9. The number of hydrogen-bond donors (Lipinski definition) is 0. The van der Waals surface area contributed by atoms with Crippen molar-refractivity contribution < 1.29 is 9.53 Å². The summed E-state index contributed by atoms with van der Waals surface area (Å²) in [6.07, 6.45) is 6.04. The van der Waals surface area contributed by atoms with Gasteiger partial charge in [0.1, 0.15) is 5.75 Å². The molecule has 0 spiro atoms. The van der Waals surface area contributed by atoms with Crippen molar-refractivity contribution in [3.8, 4) is 5.75 Å². The molecule has 1 unspecified atom stereocenters. The van der Waals surface area contributed by atoms with Gasteiger partial charge in [0, 0.05) is 36.7 Å². The predicted molar refractivity (Wildman–Crippen MR) is 91.8 cm³/mol. The molecular formula is C17H20BrN3O2. The van der Waals surface area contributed by atoms with Gasteiger partial charge in [-0.25, -0.2) is 0 Å². The Morgan fingerprint density at radius 1 is 1.43 bits per heavy atom. The molecular weight excluding hydrogens is 358 g/mol. The first-order valence-electron chi connectivity index (χ1n) is 7.70. The van der Waals surface area contributed by atoms with E-state index in [9.17, 15) is 4.79 Å². The van der Waals surface area contributed by atoms with E-state index in [2.05, 4.69) is 21.0 Å². The molecule has 0 saturated carbocycles. The van der Waals surface area contributed by atoms with Gasteiger partial charge in [0.2, 0.25) is 0 Å². The number of ether oxygens (including phenoxy) is 1. The van der Waals surface area contributed by atoms with Crippen molar-refractivity contribution in [3.63, 3.8) is 0 Å². The summed E-state index contributed by atoms with van der Waals surface area (Å²) in [4.78, 5) is 14.8. The SMILES string of the molecule is COc1ccc(Br)c(C(=O)N2CCCC(c3cnn(C)c3)C2)c1. The third-order valence-electron chi connectivity index (χ3n) is 4.31. The number of hydrogen-bond acceptors (Lipinski definition) is 3. The molecule has 1 aliphatic heterocycles. The van der Waals surface area contributed by atoms with Crippen LogP contribution in [0.4, 0.5) is 0 Å². The molecule has 23 heavy (non-hydrogen) atoms. The quantitative estimate of drug-likeness (QED) is 0.824. The summed E-state index contributed by atoms with van der Waals surface area (Å²) < 4.78 is 7.85. The summed E-state index contributed by atoms with van der Waals surface area (Å²) >= 11 is 3.47. The number of methoxy groups -OCH3 is 1. The average molecular weight is 378 g/mol. The second kappa shape index (κ2) is 6.74. The third-order valence-corrected chi connectivity index (χ3v) is 5.00. The van der Waals surface area contributed by atoms with Gasteiger partial charge in [0.25, 0.3) is 5.91 Å². The Morgan fingerprint density at radius 2 is 2.26 bits per heavy atom. The molecule has 122 valence electrons. The monoisotopic (exact) mass is 377 g/mol. The minimum Gasteiger partial charge on any atom is -0.497 e. The molecule has 0 N–H and O–H groups in total. The minimum atomic E-state index is 0.0457. The van der Waals surface area contributed by atoms with Crippen molar-refractivity contribution in [1.82, 2.24) is 14.7 Å². The number of amides is 1. The van der Waals surface area contributed by atoms with Crippen LogP contribution in [0.3, 0.4) is 0 Å². The number of carbonyl (C=O) groups excluding carboxylic acids is 1. The van der Waals surface area contributed by atoms with E-state index < -0.39 is 0 Å². The predicted octanol–water partition coefficient (Wildman–Crippen LogP) is 3.21. The molecule has 0 radical (unpaired) electrons. The molecule has 6 heteroatoms. The van der Waals surface area contributed by atoms with Crippen molar-refractivity contribution in [1.29, 1.82) is 0 Å². The topological polar surface area (TPSA) is 47.4 Å². The summed E-state index contributed by atoms with van der Waals surface area (Å²) in [5.41, 5.74) is 1.85. The third kappa shape index (κ3) is 3.42. The highest BCUT2D eigenvalue weighted by atomic mass is 79.9. The van der Waals surface area contributed by atoms with Crippen molar-refractivity contribution in [2.45, 2.75) is 18.8 Å². The van der Waals surface area contributed by atoms with Crippen LogP contribution in [0.2, 0.25) is 0 Å². The van der Waals surface area contributed by atoms with E-state index in [1.54, 1.807) is 13.2 Å². The zero-order valence-electron chi connectivity index (χ0n) is 13.3. The highest BCUT2D eigenvalue weighted by molar-refractivity contribution is 9.10. The summed E-state index contributed by atoms with van der Waals surface area (Å²) in [6.45, 7) is 1.52. The Labute approximate surface area is 144 Å². The molecule has 1 amide bonds. The van der Waals surface area contributed by atoms with Gasteiger partial charge in [0.15, 0.2) is 0 Å². The average Bonchev–Trinajstić information content (AvgIpc) is 3.01. The van der Waals surface area contributed by atoms with Gasteiger partial charge < -0.3 is 9.64 Å². The van der Waals surface area contributed by atoms with Gasteiger partial charge in [-0.3, -0.25) is 9.48 Å². The molecule has 1 aromatic carbocycles. The first kappa shape index (κ1) is 16.1. The molecule has 3 rings (SSSR count). The highest BCUT2D eigenvalue weighted by Gasteiger charge is 2.27. The van der Waals surface area contributed by atoms with Crippen LogP contribution >= 0.6 is 15.9 Å². The lowest BCUT2D eigenvalue weighted by Gasteiger charge is -2.32. The fourth-order valence-electron chi connectivity index (χ4n) is 3.05. The smallest absolute Gasteiger partial charge is 0.255 e. The molecule has 2 aromatic rings. The Balaban J connectivity index is 1.79. The number of aromatic nitrogens is 2. The van der Waals surface area contributed by atoms with E-state index in [0.717, 1.165) is 30.4 Å². The van der Waals surface area contributed by atoms with E-state index in [1.807, 2.05) is 41.2 Å². The van der Waals surface area contributed by atoms with Crippen molar-refractivity contribution in [2.24, 2.45) is 7.05 Å². The fourth-order valence-corrected chi connectivity index (χ4v) is 3.47.